The molecule has 0 radical (unpaired) electrons. The maximum Gasteiger partial charge on any atom is 0.339 e. The lowest BCUT2D eigenvalue weighted by atomic mass is 10.0. The second-order valence-corrected chi connectivity index (χ2v) is 10.2. The predicted molar refractivity (Wildman–Crippen MR) is 158 cm³/mol. The highest BCUT2D eigenvalue weighted by atomic mass is 35.5. The van der Waals surface area contributed by atoms with Gasteiger partial charge in [-0.25, -0.2) is 4.79 Å². The summed E-state index contributed by atoms with van der Waals surface area (Å²) < 4.78 is 17.0. The van der Waals surface area contributed by atoms with E-state index >= 15 is 0 Å². The number of ether oxygens (including phenoxy) is 2. The third-order valence-corrected chi connectivity index (χ3v) is 7.25. The van der Waals surface area contributed by atoms with Crippen LogP contribution in [-0.4, -0.2) is 22.7 Å². The lowest BCUT2D eigenvalue weighted by molar-refractivity contribution is 0.0525. The van der Waals surface area contributed by atoms with E-state index in [1.165, 1.54) is 0 Å². The molecule has 0 aliphatic heterocycles. The molecule has 0 unspecified atom stereocenters. The van der Waals surface area contributed by atoms with E-state index in [2.05, 4.69) is 17.1 Å². The van der Waals surface area contributed by atoms with E-state index in [9.17, 15) is 4.79 Å². The Morgan fingerprint density at radius 2 is 1.68 bits per heavy atom. The number of pyridine rings is 1. The average Bonchev–Trinajstić information content (AvgIpc) is 3.33. The number of nitrogens with zero attached hydrogens (tertiary/aromatic N) is 2. The van der Waals surface area contributed by atoms with Crippen molar-refractivity contribution in [2.24, 2.45) is 0 Å². The lowest BCUT2D eigenvalue weighted by Crippen LogP contribution is -2.08. The summed E-state index contributed by atoms with van der Waals surface area (Å²) in [5.41, 5.74) is 6.01. The van der Waals surface area contributed by atoms with E-state index in [1.54, 1.807) is 25.1 Å². The third-order valence-electron chi connectivity index (χ3n) is 6.62. The van der Waals surface area contributed by atoms with Gasteiger partial charge in [0.2, 0.25) is 0 Å². The first kappa shape index (κ1) is 27.7. The van der Waals surface area contributed by atoms with Crippen molar-refractivity contribution in [3.05, 3.63) is 99.4 Å². The average molecular weight is 575 g/mol. The minimum Gasteiger partial charge on any atom is -0.489 e. The molecule has 40 heavy (non-hydrogen) atoms. The monoisotopic (exact) mass is 574 g/mol. The topological polar surface area (TPSA) is 74.5 Å². The molecule has 2 aromatic heterocycles. The highest BCUT2D eigenvalue weighted by Gasteiger charge is 2.22. The number of halogens is 2. The van der Waals surface area contributed by atoms with Crippen molar-refractivity contribution in [1.82, 2.24) is 10.1 Å². The molecule has 0 saturated carbocycles. The molecule has 6 nitrogen and oxygen atoms in total. The fourth-order valence-electron chi connectivity index (χ4n) is 4.60. The van der Waals surface area contributed by atoms with Gasteiger partial charge in [-0.15, -0.1) is 0 Å². The molecule has 2 heterocycles. The Kier molecular flexibility index (Phi) is 8.38. The molecule has 8 heteroatoms. The highest BCUT2D eigenvalue weighted by molar-refractivity contribution is 6.39. The molecular formula is C32H28Cl2N2O4. The number of carbonyl (C=O) groups excluding carboxylic acids is 1. The van der Waals surface area contributed by atoms with Gasteiger partial charge in [0.05, 0.1) is 39.0 Å². The summed E-state index contributed by atoms with van der Waals surface area (Å²) in [5, 5.41) is 6.17. The highest BCUT2D eigenvalue weighted by Crippen LogP contribution is 2.37. The summed E-state index contributed by atoms with van der Waals surface area (Å²) in [6.45, 7) is 6.26. The number of carbonyl (C=O) groups is 1. The molecule has 0 saturated heterocycles. The molecular weight excluding hydrogens is 547 g/mol. The van der Waals surface area contributed by atoms with Crippen molar-refractivity contribution in [2.45, 2.75) is 40.2 Å². The summed E-state index contributed by atoms with van der Waals surface area (Å²) in [6.07, 6.45) is 1.62. The summed E-state index contributed by atoms with van der Waals surface area (Å²) in [5.74, 6) is 1.09. The number of hydrogen-bond donors (Lipinski definition) is 0. The second-order valence-electron chi connectivity index (χ2n) is 9.34. The van der Waals surface area contributed by atoms with Crippen molar-refractivity contribution in [3.63, 3.8) is 0 Å². The zero-order valence-electron chi connectivity index (χ0n) is 22.5. The van der Waals surface area contributed by atoms with Gasteiger partial charge in [-0.1, -0.05) is 59.5 Å². The van der Waals surface area contributed by atoms with E-state index in [0.717, 1.165) is 46.2 Å². The van der Waals surface area contributed by atoms with Gasteiger partial charge in [-0.05, 0) is 73.9 Å². The number of aryl methyl sites for hydroxylation is 2. The molecule has 0 amide bonds. The maximum atomic E-state index is 12.3. The standard InChI is InChI=1S/C32H28Cl2N2O4/c1-4-7-29-25(31(36-40-29)30-26(33)8-6-9-27(30)34)18-39-23-13-10-20(11-14-23)21-12-15-28-22(16-21)17-24(19(3)35-28)32(37)38-5-2/h6,8-17H,4-5,7,18H2,1-3H3. The quantitative estimate of drug-likeness (QED) is 0.164. The molecule has 204 valence electrons. The zero-order valence-corrected chi connectivity index (χ0v) is 24.0. The number of rotatable bonds is 9. The van der Waals surface area contributed by atoms with Crippen molar-refractivity contribution >= 4 is 40.1 Å². The first-order valence-electron chi connectivity index (χ1n) is 13.1. The summed E-state index contributed by atoms with van der Waals surface area (Å²) >= 11 is 12.9. The van der Waals surface area contributed by atoms with Crippen molar-refractivity contribution in [1.29, 1.82) is 0 Å². The first-order valence-corrected chi connectivity index (χ1v) is 13.9. The van der Waals surface area contributed by atoms with Gasteiger partial charge in [0, 0.05) is 17.4 Å². The zero-order chi connectivity index (χ0) is 28.2. The molecule has 5 aromatic rings. The van der Waals surface area contributed by atoms with Gasteiger partial charge < -0.3 is 14.0 Å². The van der Waals surface area contributed by atoms with Crippen LogP contribution < -0.4 is 4.74 Å². The van der Waals surface area contributed by atoms with Gasteiger partial charge in [-0.3, -0.25) is 4.98 Å². The van der Waals surface area contributed by atoms with Gasteiger partial charge >= 0.3 is 5.97 Å². The Morgan fingerprint density at radius 3 is 2.38 bits per heavy atom. The molecule has 0 aliphatic carbocycles. The Labute approximate surface area is 242 Å². The largest absolute Gasteiger partial charge is 0.489 e. The van der Waals surface area contributed by atoms with Crippen LogP contribution in [0.4, 0.5) is 0 Å². The van der Waals surface area contributed by atoms with Crippen LogP contribution in [0, 0.1) is 6.92 Å². The van der Waals surface area contributed by atoms with E-state index in [1.807, 2.05) is 55.5 Å². The molecule has 5 rings (SSSR count). The molecule has 0 spiro atoms. The maximum absolute atomic E-state index is 12.3. The van der Waals surface area contributed by atoms with E-state index in [0.29, 0.717) is 44.9 Å². The molecule has 0 atom stereocenters. The molecule has 0 aliphatic rings. The van der Waals surface area contributed by atoms with Gasteiger partial charge in [0.1, 0.15) is 23.8 Å². The van der Waals surface area contributed by atoms with Crippen molar-refractivity contribution in [2.75, 3.05) is 6.61 Å². The summed E-state index contributed by atoms with van der Waals surface area (Å²) in [7, 11) is 0. The van der Waals surface area contributed by atoms with Gasteiger partial charge in [-0.2, -0.15) is 0 Å². The molecule has 3 aromatic carbocycles. The first-order chi connectivity index (χ1) is 19.4. The SMILES string of the molecule is CCCc1onc(-c2c(Cl)cccc2Cl)c1COc1ccc(-c2ccc3nc(C)c(C(=O)OCC)cc3c2)cc1. The van der Waals surface area contributed by atoms with E-state index in [4.69, 9.17) is 37.2 Å². The fraction of sp³-hybridized carbons (Fsp3) is 0.219. The van der Waals surface area contributed by atoms with Gasteiger partial charge in [0.25, 0.3) is 0 Å². The third kappa shape index (κ3) is 5.69. The van der Waals surface area contributed by atoms with Crippen LogP contribution in [0.3, 0.4) is 0 Å². The van der Waals surface area contributed by atoms with Crippen LogP contribution in [0.2, 0.25) is 10.0 Å². The predicted octanol–water partition coefficient (Wildman–Crippen LogP) is 8.88. The van der Waals surface area contributed by atoms with Crippen LogP contribution >= 0.6 is 23.2 Å². The number of esters is 1. The number of hydrogen-bond acceptors (Lipinski definition) is 6. The van der Waals surface area contributed by atoms with Crippen molar-refractivity contribution in [3.8, 4) is 28.1 Å². The van der Waals surface area contributed by atoms with Crippen LogP contribution in [0.25, 0.3) is 33.3 Å². The second kappa shape index (κ2) is 12.1. The van der Waals surface area contributed by atoms with Crippen LogP contribution in [0.1, 0.15) is 47.6 Å². The summed E-state index contributed by atoms with van der Waals surface area (Å²) in [4.78, 5) is 16.9. The Balaban J connectivity index is 1.38. The van der Waals surface area contributed by atoms with Crippen LogP contribution in [0.5, 0.6) is 5.75 Å². The fourth-order valence-corrected chi connectivity index (χ4v) is 5.18. The summed E-state index contributed by atoms with van der Waals surface area (Å²) in [6, 6.07) is 21.0. The Bertz CT molecular complexity index is 1660. The minimum atomic E-state index is -0.365. The molecule has 0 N–H and O–H groups in total. The number of benzene rings is 3. The minimum absolute atomic E-state index is 0.257. The van der Waals surface area contributed by atoms with Crippen molar-refractivity contribution < 1.29 is 18.8 Å². The van der Waals surface area contributed by atoms with Crippen LogP contribution in [-0.2, 0) is 17.8 Å². The van der Waals surface area contributed by atoms with E-state index in [-0.39, 0.29) is 12.6 Å². The van der Waals surface area contributed by atoms with E-state index < -0.39 is 0 Å². The smallest absolute Gasteiger partial charge is 0.339 e. The van der Waals surface area contributed by atoms with Crippen LogP contribution in [0.15, 0.2) is 71.3 Å². The number of aromatic nitrogens is 2. The Hall–Kier alpha value is -3.87. The Morgan fingerprint density at radius 1 is 0.950 bits per heavy atom. The lowest BCUT2D eigenvalue weighted by Gasteiger charge is -2.11. The molecule has 0 fully saturated rings. The molecule has 0 bridgehead atoms. The number of fused-ring (bicyclic) bond motifs is 1. The van der Waals surface area contributed by atoms with Gasteiger partial charge in [0.15, 0.2) is 0 Å². The normalized spacial score (nSPS) is 11.1.